The van der Waals surface area contributed by atoms with Crippen molar-refractivity contribution >= 4 is 17.0 Å². The molecule has 3 heterocycles. The Morgan fingerprint density at radius 1 is 1.12 bits per heavy atom. The average Bonchev–Trinajstić information content (AvgIpc) is 3.25. The predicted octanol–water partition coefficient (Wildman–Crippen LogP) is 2.97. The molecule has 0 saturated heterocycles. The zero-order valence-corrected chi connectivity index (χ0v) is 13.2. The lowest BCUT2D eigenvalue weighted by Gasteiger charge is -2.04. The predicted molar refractivity (Wildman–Crippen MR) is 90.6 cm³/mol. The molecule has 7 heteroatoms. The maximum Gasteiger partial charge on any atom is 0.226 e. The number of hydrogen-bond donors (Lipinski definition) is 2. The van der Waals surface area contributed by atoms with Crippen molar-refractivity contribution in [2.24, 2.45) is 0 Å². The lowest BCUT2D eigenvalue weighted by molar-refractivity contribution is 0.572. The van der Waals surface area contributed by atoms with E-state index in [1.807, 2.05) is 24.3 Å². The summed E-state index contributed by atoms with van der Waals surface area (Å²) in [7, 11) is 0. The molecule has 0 saturated carbocycles. The highest BCUT2D eigenvalue weighted by Crippen LogP contribution is 2.19. The average molecular weight is 320 g/mol. The molecule has 2 N–H and O–H groups in total. The Morgan fingerprint density at radius 3 is 2.88 bits per heavy atom. The van der Waals surface area contributed by atoms with Crippen LogP contribution in [0, 0.1) is 6.92 Å². The molecule has 4 aromatic rings. The van der Waals surface area contributed by atoms with Crippen LogP contribution < -0.4 is 5.32 Å². The molecule has 0 spiro atoms. The third-order valence-corrected chi connectivity index (χ3v) is 3.75. The number of H-pyrrole nitrogens is 1. The fourth-order valence-electron chi connectivity index (χ4n) is 2.46. The summed E-state index contributed by atoms with van der Waals surface area (Å²) in [6.07, 6.45) is 5.53. The van der Waals surface area contributed by atoms with Gasteiger partial charge < -0.3 is 14.7 Å². The molecule has 0 aliphatic carbocycles. The summed E-state index contributed by atoms with van der Waals surface area (Å²) < 4.78 is 5.57. The highest BCUT2D eigenvalue weighted by molar-refractivity contribution is 5.81. The van der Waals surface area contributed by atoms with Crippen molar-refractivity contribution < 1.29 is 4.42 Å². The van der Waals surface area contributed by atoms with Gasteiger partial charge in [0, 0.05) is 18.5 Å². The number of nitrogens with one attached hydrogen (secondary N) is 2. The van der Waals surface area contributed by atoms with Gasteiger partial charge in [-0.1, -0.05) is 17.7 Å². The first kappa shape index (κ1) is 14.4. The summed E-state index contributed by atoms with van der Waals surface area (Å²) in [6, 6.07) is 8.12. The van der Waals surface area contributed by atoms with E-state index in [1.165, 1.54) is 11.9 Å². The zero-order valence-electron chi connectivity index (χ0n) is 13.2. The van der Waals surface area contributed by atoms with Gasteiger partial charge in [-0.3, -0.25) is 0 Å². The highest BCUT2D eigenvalue weighted by Gasteiger charge is 2.08. The van der Waals surface area contributed by atoms with Crippen LogP contribution in [0.4, 0.5) is 5.82 Å². The van der Waals surface area contributed by atoms with Crippen LogP contribution in [0.15, 0.2) is 47.6 Å². The molecule has 0 amide bonds. The molecule has 1 aromatic carbocycles. The molecule has 24 heavy (non-hydrogen) atoms. The van der Waals surface area contributed by atoms with E-state index in [0.717, 1.165) is 29.0 Å². The number of imidazole rings is 1. The summed E-state index contributed by atoms with van der Waals surface area (Å²) in [5.74, 6) is 1.38. The van der Waals surface area contributed by atoms with Crippen LogP contribution in [-0.4, -0.2) is 31.5 Å². The van der Waals surface area contributed by atoms with E-state index >= 15 is 0 Å². The monoisotopic (exact) mass is 320 g/mol. The number of aryl methyl sites for hydroxylation is 1. The number of oxazole rings is 1. The van der Waals surface area contributed by atoms with Gasteiger partial charge in [-0.05, 0) is 19.1 Å². The van der Waals surface area contributed by atoms with E-state index in [0.29, 0.717) is 18.1 Å². The zero-order chi connectivity index (χ0) is 16.4. The normalized spacial score (nSPS) is 11.0. The van der Waals surface area contributed by atoms with Crippen molar-refractivity contribution in [2.75, 3.05) is 11.9 Å². The minimum atomic E-state index is 0.642. The number of hydrogen-bond acceptors (Lipinski definition) is 6. The van der Waals surface area contributed by atoms with Gasteiger partial charge in [0.1, 0.15) is 18.1 Å². The van der Waals surface area contributed by atoms with Gasteiger partial charge in [0.05, 0.1) is 12.0 Å². The largest absolute Gasteiger partial charge is 0.444 e. The van der Waals surface area contributed by atoms with Crippen molar-refractivity contribution in [1.29, 1.82) is 0 Å². The minimum absolute atomic E-state index is 0.642. The quantitative estimate of drug-likeness (QED) is 0.587. The Morgan fingerprint density at radius 2 is 2.00 bits per heavy atom. The number of nitrogens with zero attached hydrogens (tertiary/aromatic N) is 4. The molecular formula is C17H16N6O. The molecule has 0 radical (unpaired) electrons. The van der Waals surface area contributed by atoms with E-state index in [9.17, 15) is 0 Å². The van der Waals surface area contributed by atoms with Crippen LogP contribution in [0.2, 0.25) is 0 Å². The van der Waals surface area contributed by atoms with Crippen LogP contribution in [0.1, 0.15) is 11.3 Å². The third kappa shape index (κ3) is 2.83. The van der Waals surface area contributed by atoms with Gasteiger partial charge in [-0.25, -0.2) is 19.9 Å². The highest BCUT2D eigenvalue weighted by atomic mass is 16.3. The second-order valence-electron chi connectivity index (χ2n) is 5.51. The molecule has 0 aliphatic heterocycles. The van der Waals surface area contributed by atoms with Gasteiger partial charge in [-0.2, -0.15) is 0 Å². The summed E-state index contributed by atoms with van der Waals surface area (Å²) in [6.45, 7) is 2.74. The molecule has 120 valence electrons. The molecule has 0 fully saturated rings. The Kier molecular flexibility index (Phi) is 3.66. The van der Waals surface area contributed by atoms with E-state index in [4.69, 9.17) is 4.42 Å². The maximum absolute atomic E-state index is 5.57. The van der Waals surface area contributed by atoms with Gasteiger partial charge in [0.25, 0.3) is 0 Å². The van der Waals surface area contributed by atoms with Crippen molar-refractivity contribution in [2.45, 2.75) is 13.3 Å². The topological polar surface area (TPSA) is 92.5 Å². The number of rotatable bonds is 5. The molecule has 0 atom stereocenters. The molecule has 4 rings (SSSR count). The summed E-state index contributed by atoms with van der Waals surface area (Å²) in [4.78, 5) is 20.0. The van der Waals surface area contributed by atoms with Crippen LogP contribution in [0.25, 0.3) is 22.6 Å². The first-order chi connectivity index (χ1) is 11.8. The molecule has 0 bridgehead atoms. The van der Waals surface area contributed by atoms with Gasteiger partial charge >= 0.3 is 0 Å². The number of anilines is 1. The maximum atomic E-state index is 5.57. The van der Waals surface area contributed by atoms with Crippen molar-refractivity contribution in [1.82, 2.24) is 24.9 Å². The minimum Gasteiger partial charge on any atom is -0.444 e. The number of benzene rings is 1. The number of aromatic amines is 1. The first-order valence-corrected chi connectivity index (χ1v) is 7.69. The molecule has 3 aromatic heterocycles. The van der Waals surface area contributed by atoms with Gasteiger partial charge in [-0.15, -0.1) is 0 Å². The van der Waals surface area contributed by atoms with E-state index in [2.05, 4.69) is 37.2 Å². The Bertz CT molecular complexity index is 957. The first-order valence-electron chi connectivity index (χ1n) is 7.69. The lowest BCUT2D eigenvalue weighted by atomic mass is 10.1. The third-order valence-electron chi connectivity index (χ3n) is 3.75. The summed E-state index contributed by atoms with van der Waals surface area (Å²) >= 11 is 0. The van der Waals surface area contributed by atoms with Crippen LogP contribution in [0.5, 0.6) is 0 Å². The molecule has 7 nitrogen and oxygen atoms in total. The standard InChI is InChI=1S/C17H16N6O/c1-11-2-4-12(5-3-11)17-23-13(8-24-17)6-7-18-15-14-16(20-9-19-14)22-10-21-15/h2-5,8-10H,6-7H2,1H3,(H2,18,19,20,21,22). The smallest absolute Gasteiger partial charge is 0.226 e. The molecule has 0 aliphatic rings. The second kappa shape index (κ2) is 6.11. The number of aromatic nitrogens is 5. The van der Waals surface area contributed by atoms with Gasteiger partial charge in [0.2, 0.25) is 5.89 Å². The fraction of sp³-hybridized carbons (Fsp3) is 0.176. The van der Waals surface area contributed by atoms with Crippen molar-refractivity contribution in [3.8, 4) is 11.5 Å². The van der Waals surface area contributed by atoms with E-state index in [-0.39, 0.29) is 0 Å². The lowest BCUT2D eigenvalue weighted by Crippen LogP contribution is -2.07. The van der Waals surface area contributed by atoms with Crippen molar-refractivity contribution in [3.63, 3.8) is 0 Å². The Balaban J connectivity index is 1.41. The van der Waals surface area contributed by atoms with Crippen LogP contribution >= 0.6 is 0 Å². The second-order valence-corrected chi connectivity index (χ2v) is 5.51. The summed E-state index contributed by atoms with van der Waals surface area (Å²) in [5, 5.41) is 3.27. The Hall–Kier alpha value is -3.22. The van der Waals surface area contributed by atoms with E-state index < -0.39 is 0 Å². The SMILES string of the molecule is Cc1ccc(-c2nc(CCNc3ncnc4nc[nH]c34)co2)cc1. The van der Waals surface area contributed by atoms with Gasteiger partial charge in [0.15, 0.2) is 11.5 Å². The number of fused-ring (bicyclic) bond motifs is 1. The fourth-order valence-corrected chi connectivity index (χ4v) is 2.46. The van der Waals surface area contributed by atoms with Crippen LogP contribution in [0.3, 0.4) is 0 Å². The Labute approximate surface area is 138 Å². The van der Waals surface area contributed by atoms with Crippen molar-refractivity contribution in [3.05, 3.63) is 54.4 Å². The van der Waals surface area contributed by atoms with E-state index in [1.54, 1.807) is 12.6 Å². The molecular weight excluding hydrogens is 304 g/mol. The summed E-state index contributed by atoms with van der Waals surface area (Å²) in [5.41, 5.74) is 4.54. The molecule has 0 unspecified atom stereocenters. The van der Waals surface area contributed by atoms with Crippen LogP contribution in [-0.2, 0) is 6.42 Å².